The van der Waals surface area contributed by atoms with E-state index >= 15 is 0 Å². The predicted molar refractivity (Wildman–Crippen MR) is 112 cm³/mol. The lowest BCUT2D eigenvalue weighted by atomic mass is 10.1. The fourth-order valence-electron chi connectivity index (χ4n) is 3.20. The monoisotopic (exact) mass is 402 g/mol. The molecule has 4 aromatic rings. The van der Waals surface area contributed by atoms with E-state index in [4.69, 9.17) is 0 Å². The highest BCUT2D eigenvalue weighted by Gasteiger charge is 2.11. The minimum Gasteiger partial charge on any atom is -0.348 e. The van der Waals surface area contributed by atoms with Gasteiger partial charge in [-0.2, -0.15) is 0 Å². The maximum Gasteiger partial charge on any atom is 0.261 e. The third-order valence-corrected chi connectivity index (χ3v) is 4.77. The zero-order valence-electron chi connectivity index (χ0n) is 16.3. The number of hydrogen-bond donors (Lipinski definition) is 1. The smallest absolute Gasteiger partial charge is 0.261 e. The van der Waals surface area contributed by atoms with Crippen molar-refractivity contribution in [2.75, 3.05) is 0 Å². The molecule has 0 aliphatic rings. The number of benzene rings is 2. The summed E-state index contributed by atoms with van der Waals surface area (Å²) >= 11 is 0. The number of nitrogens with one attached hydrogen (secondary N) is 1. The molecule has 0 atom stereocenters. The molecule has 0 unspecified atom stereocenters. The molecule has 150 valence electrons. The van der Waals surface area contributed by atoms with E-state index in [-0.39, 0.29) is 23.8 Å². The zero-order valence-corrected chi connectivity index (χ0v) is 16.3. The Kier molecular flexibility index (Phi) is 5.34. The van der Waals surface area contributed by atoms with E-state index in [0.717, 1.165) is 16.8 Å². The normalized spacial score (nSPS) is 10.9. The average Bonchev–Trinajstić information content (AvgIpc) is 2.75. The molecule has 6 nitrogen and oxygen atoms in total. The number of amides is 1. The van der Waals surface area contributed by atoms with Gasteiger partial charge in [0.2, 0.25) is 0 Å². The molecule has 0 bridgehead atoms. The van der Waals surface area contributed by atoms with Gasteiger partial charge in [0.15, 0.2) is 0 Å². The van der Waals surface area contributed by atoms with E-state index in [1.54, 1.807) is 36.5 Å². The second-order valence-corrected chi connectivity index (χ2v) is 7.02. The number of carbonyl (C=O) groups is 1. The van der Waals surface area contributed by atoms with Crippen molar-refractivity contribution in [3.63, 3.8) is 0 Å². The number of aromatic nitrogens is 3. The Balaban J connectivity index is 1.57. The number of aryl methyl sites for hydroxylation is 1. The topological polar surface area (TPSA) is 76.9 Å². The number of rotatable bonds is 5. The van der Waals surface area contributed by atoms with Crippen LogP contribution in [0.3, 0.4) is 0 Å². The Hall–Kier alpha value is -3.87. The van der Waals surface area contributed by atoms with Crippen molar-refractivity contribution in [3.05, 3.63) is 106 Å². The number of carbonyl (C=O) groups excluding carboxylic acids is 1. The van der Waals surface area contributed by atoms with Crippen LogP contribution in [-0.4, -0.2) is 20.4 Å². The van der Waals surface area contributed by atoms with E-state index in [0.29, 0.717) is 23.0 Å². The van der Waals surface area contributed by atoms with Crippen molar-refractivity contribution >= 4 is 16.8 Å². The summed E-state index contributed by atoms with van der Waals surface area (Å²) in [6.07, 6.45) is 3.15. The van der Waals surface area contributed by atoms with Gasteiger partial charge in [0.05, 0.1) is 23.8 Å². The first-order valence-corrected chi connectivity index (χ1v) is 9.43. The van der Waals surface area contributed by atoms with Gasteiger partial charge in [-0.25, -0.2) is 9.37 Å². The highest BCUT2D eigenvalue weighted by atomic mass is 19.1. The van der Waals surface area contributed by atoms with Crippen molar-refractivity contribution < 1.29 is 9.18 Å². The van der Waals surface area contributed by atoms with Gasteiger partial charge in [-0.3, -0.25) is 19.1 Å². The number of hydrogen-bond acceptors (Lipinski definition) is 4. The van der Waals surface area contributed by atoms with Crippen LogP contribution in [0.2, 0.25) is 0 Å². The minimum atomic E-state index is -0.333. The van der Waals surface area contributed by atoms with Crippen LogP contribution in [0, 0.1) is 12.7 Å². The van der Waals surface area contributed by atoms with Gasteiger partial charge < -0.3 is 5.32 Å². The Morgan fingerprint density at radius 1 is 1.03 bits per heavy atom. The summed E-state index contributed by atoms with van der Waals surface area (Å²) < 4.78 is 14.5. The quantitative estimate of drug-likeness (QED) is 0.556. The van der Waals surface area contributed by atoms with Crippen LogP contribution in [0.4, 0.5) is 4.39 Å². The molecule has 2 aromatic carbocycles. The predicted octanol–water partition coefficient (Wildman–Crippen LogP) is 3.22. The lowest BCUT2D eigenvalue weighted by Crippen LogP contribution is -2.24. The average molecular weight is 402 g/mol. The van der Waals surface area contributed by atoms with Gasteiger partial charge in [0, 0.05) is 24.0 Å². The Morgan fingerprint density at radius 2 is 1.83 bits per heavy atom. The summed E-state index contributed by atoms with van der Waals surface area (Å²) in [5.41, 5.74) is 3.23. The zero-order chi connectivity index (χ0) is 21.1. The first-order chi connectivity index (χ1) is 14.5. The number of fused-ring (bicyclic) bond motifs is 1. The third kappa shape index (κ3) is 4.25. The Bertz CT molecular complexity index is 1280. The van der Waals surface area contributed by atoms with Crippen LogP contribution in [0.1, 0.15) is 27.2 Å². The molecule has 30 heavy (non-hydrogen) atoms. The first-order valence-electron chi connectivity index (χ1n) is 9.43. The van der Waals surface area contributed by atoms with Gasteiger partial charge in [-0.15, -0.1) is 0 Å². The molecule has 4 rings (SSSR count). The molecule has 0 spiro atoms. The summed E-state index contributed by atoms with van der Waals surface area (Å²) in [4.78, 5) is 33.9. The molecule has 0 saturated heterocycles. The molecular weight excluding hydrogens is 383 g/mol. The lowest BCUT2D eigenvalue weighted by Gasteiger charge is -2.09. The highest BCUT2D eigenvalue weighted by Crippen LogP contribution is 2.12. The standard InChI is InChI=1S/C23H19FN4O2/c1-15-10-17(8-9-25-15)12-26-22(29)18-4-7-21-20(11-18)23(30)28(14-27-21)13-16-2-5-19(24)6-3-16/h2-11,14H,12-13H2,1H3,(H,26,29). The van der Waals surface area contributed by atoms with E-state index < -0.39 is 0 Å². The lowest BCUT2D eigenvalue weighted by molar-refractivity contribution is 0.0951. The van der Waals surface area contributed by atoms with Gasteiger partial charge >= 0.3 is 0 Å². The Morgan fingerprint density at radius 3 is 2.60 bits per heavy atom. The van der Waals surface area contributed by atoms with Crippen LogP contribution in [0.25, 0.3) is 10.9 Å². The maximum absolute atomic E-state index is 13.1. The molecule has 0 fully saturated rings. The molecule has 0 aliphatic heterocycles. The van der Waals surface area contributed by atoms with Crippen molar-refractivity contribution in [2.45, 2.75) is 20.0 Å². The largest absolute Gasteiger partial charge is 0.348 e. The Labute approximate surface area is 172 Å². The van der Waals surface area contributed by atoms with Crippen LogP contribution < -0.4 is 10.9 Å². The molecule has 0 saturated carbocycles. The summed E-state index contributed by atoms with van der Waals surface area (Å²) in [5, 5.41) is 3.21. The van der Waals surface area contributed by atoms with Gasteiger partial charge in [-0.1, -0.05) is 12.1 Å². The summed E-state index contributed by atoms with van der Waals surface area (Å²) in [5.74, 6) is -0.611. The molecule has 1 amide bonds. The highest BCUT2D eigenvalue weighted by molar-refractivity contribution is 5.97. The summed E-state index contributed by atoms with van der Waals surface area (Å²) in [6, 6.07) is 14.5. The fourth-order valence-corrected chi connectivity index (χ4v) is 3.20. The molecule has 0 radical (unpaired) electrons. The molecule has 7 heteroatoms. The maximum atomic E-state index is 13.1. The van der Waals surface area contributed by atoms with Gasteiger partial charge in [0.25, 0.3) is 11.5 Å². The van der Waals surface area contributed by atoms with Crippen molar-refractivity contribution in [3.8, 4) is 0 Å². The van der Waals surface area contributed by atoms with Gasteiger partial charge in [0.1, 0.15) is 5.82 Å². The first kappa shape index (κ1) is 19.4. The molecule has 2 aromatic heterocycles. The van der Waals surface area contributed by atoms with Crippen LogP contribution in [0.15, 0.2) is 71.9 Å². The van der Waals surface area contributed by atoms with Crippen LogP contribution >= 0.6 is 0 Å². The van der Waals surface area contributed by atoms with Crippen molar-refractivity contribution in [1.29, 1.82) is 0 Å². The minimum absolute atomic E-state index is 0.260. The van der Waals surface area contributed by atoms with Crippen molar-refractivity contribution in [1.82, 2.24) is 19.9 Å². The molecule has 0 aliphatic carbocycles. The molecule has 1 N–H and O–H groups in total. The fraction of sp³-hybridized carbons (Fsp3) is 0.130. The third-order valence-electron chi connectivity index (χ3n) is 4.77. The molecular formula is C23H19FN4O2. The second-order valence-electron chi connectivity index (χ2n) is 7.02. The molecule has 2 heterocycles. The van der Waals surface area contributed by atoms with E-state index in [9.17, 15) is 14.0 Å². The number of halogens is 1. The number of nitrogens with zero attached hydrogens (tertiary/aromatic N) is 3. The summed E-state index contributed by atoms with van der Waals surface area (Å²) in [7, 11) is 0. The van der Waals surface area contributed by atoms with Crippen LogP contribution in [-0.2, 0) is 13.1 Å². The van der Waals surface area contributed by atoms with Gasteiger partial charge in [-0.05, 0) is 60.5 Å². The summed E-state index contributed by atoms with van der Waals surface area (Å²) in [6.45, 7) is 2.51. The SMILES string of the molecule is Cc1cc(CNC(=O)c2ccc3ncn(Cc4ccc(F)cc4)c(=O)c3c2)ccn1. The van der Waals surface area contributed by atoms with Crippen molar-refractivity contribution in [2.24, 2.45) is 0 Å². The van der Waals surface area contributed by atoms with E-state index in [1.807, 2.05) is 19.1 Å². The second kappa shape index (κ2) is 8.24. The number of pyridine rings is 1. The van der Waals surface area contributed by atoms with Crippen LogP contribution in [0.5, 0.6) is 0 Å². The van der Waals surface area contributed by atoms with E-state index in [1.165, 1.54) is 23.0 Å². The van der Waals surface area contributed by atoms with E-state index in [2.05, 4.69) is 15.3 Å².